The van der Waals surface area contributed by atoms with Gasteiger partial charge in [-0.05, 0) is 38.5 Å². The molecule has 0 aromatic rings. The van der Waals surface area contributed by atoms with E-state index in [1.165, 1.54) is 0 Å². The summed E-state index contributed by atoms with van der Waals surface area (Å²) >= 11 is 0. The number of ether oxygens (including phenoxy) is 1. The van der Waals surface area contributed by atoms with Gasteiger partial charge < -0.3 is 14.9 Å². The van der Waals surface area contributed by atoms with E-state index in [9.17, 15) is 24.6 Å². The predicted octanol–water partition coefficient (Wildman–Crippen LogP) is 1.22. The number of rotatable bonds is 5. The Morgan fingerprint density at radius 3 is 2.73 bits per heavy atom. The van der Waals surface area contributed by atoms with E-state index in [0.29, 0.717) is 0 Å². The van der Waals surface area contributed by atoms with E-state index in [1.54, 1.807) is 6.92 Å². The van der Waals surface area contributed by atoms with Gasteiger partial charge in [0.05, 0.1) is 17.6 Å². The maximum absolute atomic E-state index is 12.9. The van der Waals surface area contributed by atoms with Crippen molar-refractivity contribution >= 4 is 17.9 Å². The lowest BCUT2D eigenvalue weighted by atomic mass is 9.45. The fourth-order valence-corrected chi connectivity index (χ4v) is 5.38. The molecule has 0 spiro atoms. The van der Waals surface area contributed by atoms with Crippen LogP contribution in [-0.4, -0.2) is 52.5 Å². The summed E-state index contributed by atoms with van der Waals surface area (Å²) in [6, 6.07) is 0. The van der Waals surface area contributed by atoms with Gasteiger partial charge in [0.25, 0.3) is 0 Å². The molecule has 6 heteroatoms. The Hall–Kier alpha value is -1.37. The molecule has 0 aromatic heterocycles. The maximum Gasteiger partial charge on any atom is 0.226 e. The van der Waals surface area contributed by atoms with Crippen molar-refractivity contribution in [2.24, 2.45) is 22.7 Å². The first-order valence-corrected chi connectivity index (χ1v) is 9.32. The van der Waals surface area contributed by atoms with Crippen LogP contribution in [0, 0.1) is 22.7 Å². The molecule has 1 aliphatic heterocycles. The van der Waals surface area contributed by atoms with Crippen LogP contribution in [0.4, 0.5) is 0 Å². The van der Waals surface area contributed by atoms with Crippen molar-refractivity contribution in [1.82, 2.24) is 0 Å². The van der Waals surface area contributed by atoms with E-state index in [-0.39, 0.29) is 24.4 Å². The number of fused-ring (bicyclic) bond motifs is 1. The normalized spacial score (nSPS) is 46.2. The number of aldehydes is 1. The van der Waals surface area contributed by atoms with Gasteiger partial charge in [-0.25, -0.2) is 0 Å². The van der Waals surface area contributed by atoms with Crippen LogP contribution in [0.2, 0.25) is 0 Å². The van der Waals surface area contributed by atoms with Crippen LogP contribution in [0.3, 0.4) is 0 Å². The molecular formula is C20H28O6. The lowest BCUT2D eigenvalue weighted by Crippen LogP contribution is -2.64. The number of aliphatic hydroxyl groups excluding tert-OH is 2. The van der Waals surface area contributed by atoms with Crippen LogP contribution in [-0.2, 0) is 19.1 Å². The Morgan fingerprint density at radius 1 is 1.46 bits per heavy atom. The second-order valence-corrected chi connectivity index (χ2v) is 8.55. The average Bonchev–Trinajstić information content (AvgIpc) is 3.38. The number of carbonyl (C=O) groups excluding carboxylic acids is 3. The largest absolute Gasteiger partial charge is 0.392 e. The van der Waals surface area contributed by atoms with E-state index in [1.807, 2.05) is 26.8 Å². The van der Waals surface area contributed by atoms with Crippen LogP contribution in [0.25, 0.3) is 0 Å². The lowest BCUT2D eigenvalue weighted by Gasteiger charge is -2.59. The number of ketones is 2. The number of epoxide rings is 1. The Labute approximate surface area is 153 Å². The third-order valence-electron chi connectivity index (χ3n) is 7.56. The van der Waals surface area contributed by atoms with E-state index in [2.05, 4.69) is 0 Å². The molecule has 1 heterocycles. The number of allylic oxidation sites excluding steroid dienone is 2. The van der Waals surface area contributed by atoms with Gasteiger partial charge in [-0.2, -0.15) is 0 Å². The zero-order valence-corrected chi connectivity index (χ0v) is 15.8. The van der Waals surface area contributed by atoms with Crippen molar-refractivity contribution < 1.29 is 29.3 Å². The average molecular weight is 364 g/mol. The van der Waals surface area contributed by atoms with E-state index in [4.69, 9.17) is 4.74 Å². The van der Waals surface area contributed by atoms with Gasteiger partial charge >= 0.3 is 0 Å². The molecule has 0 unspecified atom stereocenters. The minimum absolute atomic E-state index is 0.111. The number of Topliss-reactive ketones (excluding diaryl/α,β-unsaturated/α-hetero) is 2. The first-order valence-electron chi connectivity index (χ1n) is 9.32. The van der Waals surface area contributed by atoms with E-state index >= 15 is 0 Å². The van der Waals surface area contributed by atoms with Gasteiger partial charge in [0.15, 0.2) is 12.1 Å². The van der Waals surface area contributed by atoms with Gasteiger partial charge in [0.2, 0.25) is 5.78 Å². The summed E-state index contributed by atoms with van der Waals surface area (Å²) in [4.78, 5) is 35.0. The number of aliphatic hydroxyl groups is 2. The summed E-state index contributed by atoms with van der Waals surface area (Å²) in [6.45, 7) is 7.53. The highest BCUT2D eigenvalue weighted by Crippen LogP contribution is 2.60. The molecule has 26 heavy (non-hydrogen) atoms. The zero-order chi connectivity index (χ0) is 19.4. The monoisotopic (exact) mass is 364 g/mol. The number of carbonyl (C=O) groups is 3. The van der Waals surface area contributed by atoms with Crippen molar-refractivity contribution in [3.8, 4) is 0 Å². The van der Waals surface area contributed by atoms with E-state index in [0.717, 1.165) is 18.4 Å². The SMILES string of the molecule is CC1=CCC[C@H]2[C@@]1(C)C(=O)[C@@H](O)[C@H](C)[C@]2(C)[C@@H](O)C[C@@H]1O[C@@H]1C(=O)C=O. The second-order valence-electron chi connectivity index (χ2n) is 8.55. The highest BCUT2D eigenvalue weighted by Gasteiger charge is 2.64. The highest BCUT2D eigenvalue weighted by molar-refractivity contribution is 6.28. The highest BCUT2D eigenvalue weighted by atomic mass is 16.6. The molecule has 0 radical (unpaired) electrons. The van der Waals surface area contributed by atoms with Crippen molar-refractivity contribution in [3.05, 3.63) is 11.6 Å². The molecule has 0 amide bonds. The summed E-state index contributed by atoms with van der Waals surface area (Å²) in [5, 5.41) is 21.8. The zero-order valence-electron chi connectivity index (χ0n) is 15.8. The van der Waals surface area contributed by atoms with Crippen LogP contribution >= 0.6 is 0 Å². The van der Waals surface area contributed by atoms with Gasteiger partial charge in [-0.3, -0.25) is 14.4 Å². The fourth-order valence-electron chi connectivity index (χ4n) is 5.38. The molecule has 8 atom stereocenters. The van der Waals surface area contributed by atoms with E-state index < -0.39 is 46.9 Å². The molecule has 1 saturated heterocycles. The van der Waals surface area contributed by atoms with Crippen LogP contribution in [0.15, 0.2) is 11.6 Å². The molecule has 2 fully saturated rings. The molecule has 3 rings (SSSR count). The Morgan fingerprint density at radius 2 is 2.12 bits per heavy atom. The number of hydrogen-bond donors (Lipinski definition) is 2. The van der Waals surface area contributed by atoms with Crippen molar-refractivity contribution in [1.29, 1.82) is 0 Å². The smallest absolute Gasteiger partial charge is 0.226 e. The Kier molecular flexibility index (Phi) is 4.74. The topological polar surface area (TPSA) is 104 Å². The van der Waals surface area contributed by atoms with Crippen molar-refractivity contribution in [2.75, 3.05) is 0 Å². The second kappa shape index (κ2) is 6.36. The first-order chi connectivity index (χ1) is 12.1. The van der Waals surface area contributed by atoms with Crippen LogP contribution < -0.4 is 0 Å². The minimum Gasteiger partial charge on any atom is -0.392 e. The summed E-state index contributed by atoms with van der Waals surface area (Å²) < 4.78 is 5.26. The van der Waals surface area contributed by atoms with Crippen molar-refractivity contribution in [3.63, 3.8) is 0 Å². The first kappa shape index (κ1) is 19.4. The number of hydrogen-bond acceptors (Lipinski definition) is 6. The van der Waals surface area contributed by atoms with Crippen molar-refractivity contribution in [2.45, 2.75) is 71.4 Å². The molecule has 1 saturated carbocycles. The molecular weight excluding hydrogens is 336 g/mol. The molecule has 144 valence electrons. The molecule has 2 N–H and O–H groups in total. The third kappa shape index (κ3) is 2.53. The van der Waals surface area contributed by atoms with Gasteiger partial charge in [-0.1, -0.05) is 25.5 Å². The standard InChI is InChI=1S/C20H28O6/c1-10-6-5-7-14-19(10,3)18(25)16(24)11(2)20(14,4)15(23)8-13-17(26-13)12(22)9-21/h6,9,11,13-17,23-24H,5,7-8H2,1-4H3/t11-,13-,14-,15-,16-,17+,19-,20-/m0/s1. The maximum atomic E-state index is 12.9. The molecule has 6 nitrogen and oxygen atoms in total. The molecule has 0 aromatic carbocycles. The Balaban J connectivity index is 1.91. The summed E-state index contributed by atoms with van der Waals surface area (Å²) in [7, 11) is 0. The third-order valence-corrected chi connectivity index (χ3v) is 7.56. The minimum atomic E-state index is -1.15. The summed E-state index contributed by atoms with van der Waals surface area (Å²) in [5.41, 5.74) is -0.569. The summed E-state index contributed by atoms with van der Waals surface area (Å²) in [5.74, 6) is -1.32. The summed E-state index contributed by atoms with van der Waals surface area (Å²) in [6.07, 6.45) is 0.840. The van der Waals surface area contributed by atoms with Gasteiger partial charge in [0, 0.05) is 11.8 Å². The molecule has 3 aliphatic rings. The van der Waals surface area contributed by atoms with Gasteiger partial charge in [0.1, 0.15) is 12.2 Å². The molecule has 2 aliphatic carbocycles. The molecule has 0 bridgehead atoms. The van der Waals surface area contributed by atoms with Crippen LogP contribution in [0.5, 0.6) is 0 Å². The predicted molar refractivity (Wildman–Crippen MR) is 93.2 cm³/mol. The fraction of sp³-hybridized carbons (Fsp3) is 0.750. The quantitative estimate of drug-likeness (QED) is 0.329. The van der Waals surface area contributed by atoms with Crippen LogP contribution in [0.1, 0.15) is 47.0 Å². The lowest BCUT2D eigenvalue weighted by molar-refractivity contribution is -0.180. The Bertz CT molecular complexity index is 669. The van der Waals surface area contributed by atoms with Gasteiger partial charge in [-0.15, -0.1) is 0 Å².